The number of aryl methyl sites for hydroxylation is 1. The topological polar surface area (TPSA) is 73.9 Å². The molecule has 0 saturated heterocycles. The summed E-state index contributed by atoms with van der Waals surface area (Å²) in [5, 5.41) is 2.70. The molecule has 0 spiro atoms. The molecule has 2 rings (SSSR count). The minimum absolute atomic E-state index is 0.302. The van der Waals surface area contributed by atoms with E-state index in [1.807, 2.05) is 37.3 Å². The van der Waals surface area contributed by atoms with Crippen LogP contribution in [0.25, 0.3) is 0 Å². The van der Waals surface area contributed by atoms with Gasteiger partial charge in [0.2, 0.25) is 0 Å². The van der Waals surface area contributed by atoms with Gasteiger partial charge in [0.15, 0.2) is 24.7 Å². The summed E-state index contributed by atoms with van der Waals surface area (Å²) in [5.74, 6) is -0.0208. The lowest BCUT2D eigenvalue weighted by Gasteiger charge is -2.11. The van der Waals surface area contributed by atoms with E-state index >= 15 is 0 Å². The Morgan fingerprint density at radius 2 is 1.57 bits per heavy atom. The number of ether oxygens (including phenoxy) is 3. The fraction of sp³-hybridized carbons (Fsp3) is 0.364. The van der Waals surface area contributed by atoms with Gasteiger partial charge in [-0.25, -0.2) is 4.79 Å². The fourth-order valence-corrected chi connectivity index (χ4v) is 2.50. The van der Waals surface area contributed by atoms with Crippen LogP contribution in [0.2, 0.25) is 0 Å². The molecule has 6 nitrogen and oxygen atoms in total. The van der Waals surface area contributed by atoms with Gasteiger partial charge >= 0.3 is 5.97 Å². The summed E-state index contributed by atoms with van der Waals surface area (Å²) >= 11 is 0. The van der Waals surface area contributed by atoms with Crippen molar-refractivity contribution >= 4 is 17.6 Å². The summed E-state index contributed by atoms with van der Waals surface area (Å²) in [7, 11) is 0. The number of para-hydroxylation sites is 2. The van der Waals surface area contributed by atoms with Crippen LogP contribution >= 0.6 is 0 Å². The molecule has 0 radical (unpaired) electrons. The molecule has 0 aromatic heterocycles. The van der Waals surface area contributed by atoms with Crippen LogP contribution in [0.15, 0.2) is 48.5 Å². The first-order chi connectivity index (χ1) is 13.6. The Kier molecular flexibility index (Phi) is 8.85. The lowest BCUT2D eigenvalue weighted by atomic mass is 10.1. The van der Waals surface area contributed by atoms with E-state index in [2.05, 4.69) is 12.2 Å². The minimum Gasteiger partial charge on any atom is -0.490 e. The third-order valence-corrected chi connectivity index (χ3v) is 3.92. The summed E-state index contributed by atoms with van der Waals surface area (Å²) < 4.78 is 15.8. The molecule has 0 bridgehead atoms. The minimum atomic E-state index is -0.628. The van der Waals surface area contributed by atoms with Crippen molar-refractivity contribution in [2.45, 2.75) is 33.1 Å². The van der Waals surface area contributed by atoms with Crippen molar-refractivity contribution in [3.63, 3.8) is 0 Å². The van der Waals surface area contributed by atoms with Crippen molar-refractivity contribution in [1.82, 2.24) is 0 Å². The molecule has 0 aliphatic heterocycles. The molecule has 150 valence electrons. The van der Waals surface area contributed by atoms with Gasteiger partial charge in [0.05, 0.1) is 6.61 Å². The molecule has 1 amide bonds. The Balaban J connectivity index is 1.73. The molecular formula is C22H27NO5. The molecular weight excluding hydrogens is 358 g/mol. The summed E-state index contributed by atoms with van der Waals surface area (Å²) in [4.78, 5) is 23.8. The molecule has 0 unspecified atom stereocenters. The molecule has 2 aromatic carbocycles. The van der Waals surface area contributed by atoms with Crippen LogP contribution in [0.3, 0.4) is 0 Å². The zero-order valence-electron chi connectivity index (χ0n) is 16.4. The van der Waals surface area contributed by atoms with Gasteiger partial charge < -0.3 is 19.5 Å². The lowest BCUT2D eigenvalue weighted by molar-refractivity contribution is -0.149. The first-order valence-electron chi connectivity index (χ1n) is 9.51. The van der Waals surface area contributed by atoms with Gasteiger partial charge in [-0.05, 0) is 49.6 Å². The predicted octanol–water partition coefficient (Wildman–Crippen LogP) is 3.99. The number of benzene rings is 2. The van der Waals surface area contributed by atoms with Crippen LogP contribution < -0.4 is 14.8 Å². The molecule has 0 aliphatic carbocycles. The molecule has 2 aromatic rings. The van der Waals surface area contributed by atoms with Gasteiger partial charge in [-0.2, -0.15) is 0 Å². The number of esters is 1. The lowest BCUT2D eigenvalue weighted by Crippen LogP contribution is -2.23. The highest BCUT2D eigenvalue weighted by atomic mass is 16.6. The highest BCUT2D eigenvalue weighted by Gasteiger charge is 2.11. The Morgan fingerprint density at radius 3 is 2.21 bits per heavy atom. The van der Waals surface area contributed by atoms with Crippen LogP contribution in [0, 0.1) is 0 Å². The predicted molar refractivity (Wildman–Crippen MR) is 108 cm³/mol. The summed E-state index contributed by atoms with van der Waals surface area (Å²) in [6, 6.07) is 14.7. The maximum Gasteiger partial charge on any atom is 0.344 e. The number of hydrogen-bond donors (Lipinski definition) is 1. The maximum atomic E-state index is 11.9. The van der Waals surface area contributed by atoms with Gasteiger partial charge in [0.25, 0.3) is 5.91 Å². The number of carbonyl (C=O) groups is 2. The normalized spacial score (nSPS) is 10.2. The first kappa shape index (κ1) is 21.3. The molecule has 1 N–H and O–H groups in total. The molecule has 0 heterocycles. The van der Waals surface area contributed by atoms with Gasteiger partial charge in [-0.1, -0.05) is 37.6 Å². The van der Waals surface area contributed by atoms with Gasteiger partial charge in [0.1, 0.15) is 0 Å². The van der Waals surface area contributed by atoms with Crippen LogP contribution in [-0.2, 0) is 20.7 Å². The molecule has 0 saturated carbocycles. The van der Waals surface area contributed by atoms with Crippen molar-refractivity contribution in [3.8, 4) is 11.5 Å². The van der Waals surface area contributed by atoms with Gasteiger partial charge in [-0.15, -0.1) is 0 Å². The van der Waals surface area contributed by atoms with Crippen LogP contribution in [0.4, 0.5) is 5.69 Å². The van der Waals surface area contributed by atoms with Crippen molar-refractivity contribution < 1.29 is 23.8 Å². The Morgan fingerprint density at radius 1 is 0.893 bits per heavy atom. The summed E-state index contributed by atoms with van der Waals surface area (Å²) in [5.41, 5.74) is 1.90. The Labute approximate surface area is 165 Å². The number of hydrogen-bond acceptors (Lipinski definition) is 5. The number of nitrogens with one attached hydrogen (secondary N) is 1. The highest BCUT2D eigenvalue weighted by Crippen LogP contribution is 2.26. The van der Waals surface area contributed by atoms with Crippen LogP contribution in [0.5, 0.6) is 11.5 Å². The van der Waals surface area contributed by atoms with Crippen molar-refractivity contribution in [2.75, 3.05) is 25.1 Å². The monoisotopic (exact) mass is 385 g/mol. The average molecular weight is 385 g/mol. The van der Waals surface area contributed by atoms with E-state index in [9.17, 15) is 9.59 Å². The molecule has 28 heavy (non-hydrogen) atoms. The van der Waals surface area contributed by atoms with Crippen LogP contribution in [0.1, 0.15) is 32.3 Å². The van der Waals surface area contributed by atoms with E-state index in [4.69, 9.17) is 14.2 Å². The zero-order valence-corrected chi connectivity index (χ0v) is 16.4. The van der Waals surface area contributed by atoms with E-state index < -0.39 is 11.9 Å². The molecule has 0 aliphatic rings. The second-order valence-corrected chi connectivity index (χ2v) is 6.18. The molecule has 0 fully saturated rings. The second kappa shape index (κ2) is 11.6. The SMILES string of the molecule is CCCCc1ccc(NC(=O)COC(=O)COc2ccccc2OCC)cc1. The van der Waals surface area contributed by atoms with Crippen LogP contribution in [-0.4, -0.2) is 31.7 Å². The number of amides is 1. The Bertz CT molecular complexity index is 758. The number of rotatable bonds is 11. The maximum absolute atomic E-state index is 11.9. The van der Waals surface area contributed by atoms with Crippen molar-refractivity contribution in [1.29, 1.82) is 0 Å². The number of unbranched alkanes of at least 4 members (excludes halogenated alkanes) is 1. The first-order valence-corrected chi connectivity index (χ1v) is 9.51. The third kappa shape index (κ3) is 7.31. The quantitative estimate of drug-likeness (QED) is 0.592. The standard InChI is InChI=1S/C22H27NO5/c1-3-5-8-17-11-13-18(14-12-17)23-21(24)15-28-22(25)16-27-20-10-7-6-9-19(20)26-4-2/h6-7,9-14H,3-5,8,15-16H2,1-2H3,(H,23,24). The Hall–Kier alpha value is -3.02. The highest BCUT2D eigenvalue weighted by molar-refractivity contribution is 5.92. The zero-order chi connectivity index (χ0) is 20.2. The summed E-state index contributed by atoms with van der Waals surface area (Å²) in [6.45, 7) is 3.84. The van der Waals surface area contributed by atoms with E-state index in [-0.39, 0.29) is 13.2 Å². The van der Waals surface area contributed by atoms with E-state index in [1.54, 1.807) is 18.2 Å². The molecule has 0 atom stereocenters. The third-order valence-electron chi connectivity index (χ3n) is 3.92. The second-order valence-electron chi connectivity index (χ2n) is 6.18. The fourth-order valence-electron chi connectivity index (χ4n) is 2.50. The average Bonchev–Trinajstić information content (AvgIpc) is 2.71. The molecule has 6 heteroatoms. The van der Waals surface area contributed by atoms with E-state index in [0.717, 1.165) is 19.3 Å². The number of anilines is 1. The van der Waals surface area contributed by atoms with Gasteiger partial charge in [-0.3, -0.25) is 4.79 Å². The van der Waals surface area contributed by atoms with E-state index in [0.29, 0.717) is 23.8 Å². The smallest absolute Gasteiger partial charge is 0.344 e. The van der Waals surface area contributed by atoms with Crippen molar-refractivity contribution in [3.05, 3.63) is 54.1 Å². The summed E-state index contributed by atoms with van der Waals surface area (Å²) in [6.07, 6.45) is 3.30. The van der Waals surface area contributed by atoms with Crippen molar-refractivity contribution in [2.24, 2.45) is 0 Å². The number of carbonyl (C=O) groups excluding carboxylic acids is 2. The van der Waals surface area contributed by atoms with Gasteiger partial charge in [0, 0.05) is 5.69 Å². The largest absolute Gasteiger partial charge is 0.490 e. The van der Waals surface area contributed by atoms with E-state index in [1.165, 1.54) is 5.56 Å².